The molecule has 1 N–H and O–H groups in total. The maximum absolute atomic E-state index is 12.6. The van der Waals surface area contributed by atoms with Gasteiger partial charge in [-0.05, 0) is 36.8 Å². The van der Waals surface area contributed by atoms with Crippen LogP contribution >= 0.6 is 11.6 Å². The second kappa shape index (κ2) is 7.13. The van der Waals surface area contributed by atoms with E-state index in [2.05, 4.69) is 25.5 Å². The summed E-state index contributed by atoms with van der Waals surface area (Å²) in [5, 5.41) is 11.5. The van der Waals surface area contributed by atoms with Gasteiger partial charge in [-0.15, -0.1) is 5.10 Å². The van der Waals surface area contributed by atoms with Gasteiger partial charge in [-0.25, -0.2) is 9.67 Å². The summed E-state index contributed by atoms with van der Waals surface area (Å²) in [6, 6.07) is 11.0. The number of hydrogen-bond donors (Lipinski definition) is 1. The number of halogens is 1. The molecule has 1 aliphatic heterocycles. The molecule has 0 bridgehead atoms. The van der Waals surface area contributed by atoms with Gasteiger partial charge in [0.25, 0.3) is 5.91 Å². The van der Waals surface area contributed by atoms with Crippen LogP contribution in [0.4, 0.5) is 5.82 Å². The van der Waals surface area contributed by atoms with E-state index in [1.165, 1.54) is 0 Å². The average molecular weight is 369 g/mol. The second-order valence-electron chi connectivity index (χ2n) is 6.11. The Bertz CT molecular complexity index is 914. The van der Waals surface area contributed by atoms with E-state index in [0.29, 0.717) is 17.1 Å². The predicted octanol–water partition coefficient (Wildman–Crippen LogP) is 2.32. The van der Waals surface area contributed by atoms with Gasteiger partial charge in [0.05, 0.1) is 23.1 Å². The SMILES string of the molecule is O=C(NC1CCN(c2ncccc2Cl)C1)c1cccc(-n2ccnn2)c1. The fourth-order valence-electron chi connectivity index (χ4n) is 3.08. The molecule has 26 heavy (non-hydrogen) atoms. The maximum atomic E-state index is 12.6. The molecule has 1 aromatic carbocycles. The number of rotatable bonds is 4. The molecule has 1 fully saturated rings. The lowest BCUT2D eigenvalue weighted by molar-refractivity contribution is 0.0940. The normalized spacial score (nSPS) is 16.7. The largest absolute Gasteiger partial charge is 0.353 e. The molecule has 7 nitrogen and oxygen atoms in total. The standard InChI is InChI=1S/C18H17ClN6O/c19-16-5-2-7-20-17(16)24-9-6-14(12-24)22-18(26)13-3-1-4-15(11-13)25-10-8-21-23-25/h1-5,7-8,10-11,14H,6,9,12H2,(H,22,26). The number of carbonyl (C=O) groups is 1. The molecule has 4 rings (SSSR count). The topological polar surface area (TPSA) is 75.9 Å². The summed E-state index contributed by atoms with van der Waals surface area (Å²) >= 11 is 6.22. The van der Waals surface area contributed by atoms with Gasteiger partial charge in [-0.3, -0.25) is 4.79 Å². The van der Waals surface area contributed by atoms with Crippen LogP contribution in [0.2, 0.25) is 5.02 Å². The van der Waals surface area contributed by atoms with Gasteiger partial charge < -0.3 is 10.2 Å². The highest BCUT2D eigenvalue weighted by molar-refractivity contribution is 6.32. The van der Waals surface area contributed by atoms with Crippen molar-refractivity contribution in [2.24, 2.45) is 0 Å². The van der Waals surface area contributed by atoms with Crippen molar-refractivity contribution in [3.05, 3.63) is 65.6 Å². The van der Waals surface area contributed by atoms with E-state index in [0.717, 1.165) is 24.5 Å². The van der Waals surface area contributed by atoms with Gasteiger partial charge in [0.1, 0.15) is 5.82 Å². The van der Waals surface area contributed by atoms with Crippen molar-refractivity contribution in [2.45, 2.75) is 12.5 Å². The van der Waals surface area contributed by atoms with E-state index in [1.807, 2.05) is 24.3 Å². The number of pyridine rings is 1. The van der Waals surface area contributed by atoms with Crippen molar-refractivity contribution in [1.29, 1.82) is 0 Å². The molecule has 8 heteroatoms. The third kappa shape index (κ3) is 3.39. The third-order valence-electron chi connectivity index (χ3n) is 4.36. The first-order valence-electron chi connectivity index (χ1n) is 8.34. The van der Waals surface area contributed by atoms with Crippen LogP contribution in [0.25, 0.3) is 5.69 Å². The van der Waals surface area contributed by atoms with E-state index < -0.39 is 0 Å². The monoisotopic (exact) mass is 368 g/mol. The van der Waals surface area contributed by atoms with Gasteiger partial charge in [-0.2, -0.15) is 0 Å². The summed E-state index contributed by atoms with van der Waals surface area (Å²) in [4.78, 5) is 19.1. The van der Waals surface area contributed by atoms with Crippen molar-refractivity contribution < 1.29 is 4.79 Å². The van der Waals surface area contributed by atoms with Crippen LogP contribution in [0, 0.1) is 0 Å². The molecule has 132 valence electrons. The summed E-state index contributed by atoms with van der Waals surface area (Å²) in [6.07, 6.45) is 5.91. The summed E-state index contributed by atoms with van der Waals surface area (Å²) in [5.41, 5.74) is 1.38. The highest BCUT2D eigenvalue weighted by atomic mass is 35.5. The van der Waals surface area contributed by atoms with Crippen molar-refractivity contribution in [2.75, 3.05) is 18.0 Å². The van der Waals surface area contributed by atoms with Gasteiger partial charge in [-0.1, -0.05) is 22.9 Å². The molecule has 0 saturated carbocycles. The Kier molecular flexibility index (Phi) is 4.53. The molecule has 1 amide bonds. The van der Waals surface area contributed by atoms with E-state index in [-0.39, 0.29) is 11.9 Å². The Balaban J connectivity index is 1.43. The maximum Gasteiger partial charge on any atom is 0.251 e. The molecular weight excluding hydrogens is 352 g/mol. The molecule has 2 aromatic heterocycles. The first-order valence-corrected chi connectivity index (χ1v) is 8.71. The van der Waals surface area contributed by atoms with E-state index >= 15 is 0 Å². The molecule has 1 atom stereocenters. The van der Waals surface area contributed by atoms with Crippen LogP contribution in [-0.4, -0.2) is 45.0 Å². The van der Waals surface area contributed by atoms with E-state index in [1.54, 1.807) is 35.4 Å². The molecule has 3 heterocycles. The molecule has 0 aliphatic carbocycles. The van der Waals surface area contributed by atoms with Crippen molar-refractivity contribution in [1.82, 2.24) is 25.3 Å². The van der Waals surface area contributed by atoms with Crippen LogP contribution in [0.1, 0.15) is 16.8 Å². The number of hydrogen-bond acceptors (Lipinski definition) is 5. The Morgan fingerprint density at radius 1 is 1.23 bits per heavy atom. The minimum Gasteiger partial charge on any atom is -0.353 e. The van der Waals surface area contributed by atoms with Gasteiger partial charge >= 0.3 is 0 Å². The smallest absolute Gasteiger partial charge is 0.251 e. The highest BCUT2D eigenvalue weighted by Crippen LogP contribution is 2.25. The van der Waals surface area contributed by atoms with E-state index in [4.69, 9.17) is 11.6 Å². The third-order valence-corrected chi connectivity index (χ3v) is 4.65. The Labute approximate surface area is 155 Å². The molecule has 1 saturated heterocycles. The molecule has 3 aromatic rings. The molecular formula is C18H17ClN6O. The number of nitrogens with zero attached hydrogens (tertiary/aromatic N) is 5. The summed E-state index contributed by atoms with van der Waals surface area (Å²) in [5.74, 6) is 0.657. The molecule has 0 radical (unpaired) electrons. The van der Waals surface area contributed by atoms with Gasteiger partial charge in [0.2, 0.25) is 0 Å². The lowest BCUT2D eigenvalue weighted by Crippen LogP contribution is -2.37. The lowest BCUT2D eigenvalue weighted by atomic mass is 10.1. The fraction of sp³-hybridized carbons (Fsp3) is 0.222. The molecule has 1 unspecified atom stereocenters. The quantitative estimate of drug-likeness (QED) is 0.764. The van der Waals surface area contributed by atoms with Gasteiger partial charge in [0, 0.05) is 30.9 Å². The number of amides is 1. The minimum atomic E-state index is -0.106. The average Bonchev–Trinajstić information content (AvgIpc) is 3.34. The van der Waals surface area contributed by atoms with Crippen molar-refractivity contribution in [3.8, 4) is 5.69 Å². The van der Waals surface area contributed by atoms with Gasteiger partial charge in [0.15, 0.2) is 0 Å². The second-order valence-corrected chi connectivity index (χ2v) is 6.52. The fourth-order valence-corrected chi connectivity index (χ4v) is 3.33. The Morgan fingerprint density at radius 2 is 2.15 bits per heavy atom. The zero-order chi connectivity index (χ0) is 17.9. The number of aromatic nitrogens is 4. The Morgan fingerprint density at radius 3 is 2.96 bits per heavy atom. The van der Waals surface area contributed by atoms with Crippen molar-refractivity contribution >= 4 is 23.3 Å². The zero-order valence-corrected chi connectivity index (χ0v) is 14.7. The highest BCUT2D eigenvalue weighted by Gasteiger charge is 2.26. The first-order chi connectivity index (χ1) is 12.7. The van der Waals surface area contributed by atoms with Crippen LogP contribution in [0.5, 0.6) is 0 Å². The first kappa shape index (κ1) is 16.5. The Hall–Kier alpha value is -2.93. The van der Waals surface area contributed by atoms with Crippen LogP contribution in [0.15, 0.2) is 55.0 Å². The number of nitrogens with one attached hydrogen (secondary N) is 1. The van der Waals surface area contributed by atoms with E-state index in [9.17, 15) is 4.79 Å². The van der Waals surface area contributed by atoms with Crippen molar-refractivity contribution in [3.63, 3.8) is 0 Å². The number of carbonyl (C=O) groups excluding carboxylic acids is 1. The minimum absolute atomic E-state index is 0.0515. The summed E-state index contributed by atoms with van der Waals surface area (Å²) in [6.45, 7) is 1.49. The predicted molar refractivity (Wildman–Crippen MR) is 98.7 cm³/mol. The summed E-state index contributed by atoms with van der Waals surface area (Å²) in [7, 11) is 0. The zero-order valence-electron chi connectivity index (χ0n) is 13.9. The number of benzene rings is 1. The van der Waals surface area contributed by atoms with Crippen LogP contribution < -0.4 is 10.2 Å². The number of anilines is 1. The molecule has 0 spiro atoms. The lowest BCUT2D eigenvalue weighted by Gasteiger charge is -2.19. The summed E-state index contributed by atoms with van der Waals surface area (Å²) < 4.78 is 1.62. The van der Waals surface area contributed by atoms with Crippen LogP contribution in [0.3, 0.4) is 0 Å². The van der Waals surface area contributed by atoms with Crippen LogP contribution in [-0.2, 0) is 0 Å². The molecule has 1 aliphatic rings.